The molecule has 0 aliphatic carbocycles. The SMILES string of the molecule is COc1ccc(C(=O)N2CCC3(CC2)C(OC)CN3c2ccc(C)cc2)cn1. The topological polar surface area (TPSA) is 54.9 Å². The van der Waals surface area contributed by atoms with Crippen molar-refractivity contribution in [2.75, 3.05) is 38.8 Å². The standard InChI is InChI=1S/C22H27N3O3/c1-16-4-7-18(8-5-16)25-15-19(27-2)22(25)10-12-24(13-11-22)21(26)17-6-9-20(28-3)23-14-17/h4-9,14,19H,10-13,15H2,1-3H3. The molecule has 0 saturated carbocycles. The molecule has 3 heterocycles. The highest BCUT2D eigenvalue weighted by molar-refractivity contribution is 5.94. The summed E-state index contributed by atoms with van der Waals surface area (Å²) in [6.45, 7) is 4.43. The van der Waals surface area contributed by atoms with Crippen molar-refractivity contribution >= 4 is 11.6 Å². The molecule has 0 bridgehead atoms. The van der Waals surface area contributed by atoms with Crippen LogP contribution in [-0.2, 0) is 4.74 Å². The van der Waals surface area contributed by atoms with Gasteiger partial charge in [-0.1, -0.05) is 17.7 Å². The van der Waals surface area contributed by atoms with Crippen LogP contribution in [0.5, 0.6) is 5.88 Å². The average Bonchev–Trinajstić information content (AvgIpc) is 2.74. The summed E-state index contributed by atoms with van der Waals surface area (Å²) < 4.78 is 10.9. The monoisotopic (exact) mass is 381 g/mol. The number of nitrogens with zero attached hydrogens (tertiary/aromatic N) is 3. The van der Waals surface area contributed by atoms with Gasteiger partial charge in [-0.15, -0.1) is 0 Å². The lowest BCUT2D eigenvalue weighted by Crippen LogP contribution is -2.74. The number of carbonyl (C=O) groups excluding carboxylic acids is 1. The lowest BCUT2D eigenvalue weighted by molar-refractivity contribution is -0.0433. The summed E-state index contributed by atoms with van der Waals surface area (Å²) >= 11 is 0. The molecule has 2 saturated heterocycles. The van der Waals surface area contributed by atoms with Crippen molar-refractivity contribution in [3.63, 3.8) is 0 Å². The number of hydrogen-bond donors (Lipinski definition) is 0. The number of aromatic nitrogens is 1. The van der Waals surface area contributed by atoms with Gasteiger partial charge in [0.05, 0.1) is 24.3 Å². The number of piperidine rings is 1. The van der Waals surface area contributed by atoms with E-state index in [9.17, 15) is 4.79 Å². The fourth-order valence-electron chi connectivity index (χ4n) is 4.46. The largest absolute Gasteiger partial charge is 0.481 e. The molecule has 1 aromatic carbocycles. The van der Waals surface area contributed by atoms with Gasteiger partial charge in [-0.05, 0) is 38.0 Å². The maximum atomic E-state index is 12.9. The van der Waals surface area contributed by atoms with Crippen molar-refractivity contribution in [3.8, 4) is 5.88 Å². The minimum Gasteiger partial charge on any atom is -0.481 e. The van der Waals surface area contributed by atoms with E-state index < -0.39 is 0 Å². The molecule has 4 rings (SSSR count). The fraction of sp³-hybridized carbons (Fsp3) is 0.455. The van der Waals surface area contributed by atoms with Gasteiger partial charge >= 0.3 is 0 Å². The minimum absolute atomic E-state index is 0.0279. The lowest BCUT2D eigenvalue weighted by Gasteiger charge is -2.61. The number of pyridine rings is 1. The zero-order valence-electron chi connectivity index (χ0n) is 16.7. The molecule has 0 radical (unpaired) electrons. The molecule has 28 heavy (non-hydrogen) atoms. The van der Waals surface area contributed by atoms with Gasteiger partial charge < -0.3 is 19.3 Å². The maximum Gasteiger partial charge on any atom is 0.255 e. The van der Waals surface area contributed by atoms with Crippen LogP contribution in [0, 0.1) is 6.92 Å². The van der Waals surface area contributed by atoms with E-state index in [1.54, 1.807) is 32.5 Å². The summed E-state index contributed by atoms with van der Waals surface area (Å²) in [6.07, 6.45) is 3.59. The zero-order valence-corrected chi connectivity index (χ0v) is 16.7. The number of aryl methyl sites for hydroxylation is 1. The van der Waals surface area contributed by atoms with Gasteiger partial charge in [0.1, 0.15) is 0 Å². The Morgan fingerprint density at radius 1 is 1.11 bits per heavy atom. The van der Waals surface area contributed by atoms with Gasteiger partial charge in [-0.25, -0.2) is 4.98 Å². The van der Waals surface area contributed by atoms with Crippen molar-refractivity contribution < 1.29 is 14.3 Å². The zero-order chi connectivity index (χ0) is 19.7. The Labute approximate surface area is 166 Å². The second-order valence-corrected chi connectivity index (χ2v) is 7.66. The van der Waals surface area contributed by atoms with Gasteiger partial charge in [-0.3, -0.25) is 4.79 Å². The Balaban J connectivity index is 1.47. The molecule has 0 N–H and O–H groups in total. The highest BCUT2D eigenvalue weighted by atomic mass is 16.5. The molecular formula is C22H27N3O3. The van der Waals surface area contributed by atoms with Gasteiger partial charge in [-0.2, -0.15) is 0 Å². The Bertz CT molecular complexity index is 827. The van der Waals surface area contributed by atoms with E-state index in [1.807, 2.05) is 4.90 Å². The first kappa shape index (κ1) is 18.7. The number of methoxy groups -OCH3 is 2. The van der Waals surface area contributed by atoms with Crippen LogP contribution in [0.15, 0.2) is 42.6 Å². The third-order valence-electron chi connectivity index (χ3n) is 6.22. The number of amides is 1. The van der Waals surface area contributed by atoms with Crippen LogP contribution in [0.4, 0.5) is 5.69 Å². The first-order valence-corrected chi connectivity index (χ1v) is 9.74. The van der Waals surface area contributed by atoms with Crippen molar-refractivity contribution in [1.29, 1.82) is 0 Å². The number of hydrogen-bond acceptors (Lipinski definition) is 5. The van der Waals surface area contributed by atoms with E-state index >= 15 is 0 Å². The van der Waals surface area contributed by atoms with Crippen molar-refractivity contribution in [2.45, 2.75) is 31.4 Å². The third kappa shape index (κ3) is 3.11. The summed E-state index contributed by atoms with van der Waals surface area (Å²) in [4.78, 5) is 21.4. The van der Waals surface area contributed by atoms with Crippen LogP contribution < -0.4 is 9.64 Å². The van der Waals surface area contributed by atoms with Crippen LogP contribution in [-0.4, -0.2) is 61.3 Å². The van der Waals surface area contributed by atoms with Crippen LogP contribution in [0.3, 0.4) is 0 Å². The second-order valence-electron chi connectivity index (χ2n) is 7.66. The molecule has 1 spiro atoms. The predicted molar refractivity (Wildman–Crippen MR) is 108 cm³/mol. The van der Waals surface area contributed by atoms with Crippen LogP contribution in [0.25, 0.3) is 0 Å². The third-order valence-corrected chi connectivity index (χ3v) is 6.22. The molecule has 2 aromatic rings. The molecule has 1 unspecified atom stereocenters. The molecule has 2 aliphatic heterocycles. The predicted octanol–water partition coefficient (Wildman–Crippen LogP) is 2.91. The van der Waals surface area contributed by atoms with Gasteiger partial charge in [0.2, 0.25) is 5.88 Å². The normalized spacial score (nSPS) is 20.8. The summed E-state index contributed by atoms with van der Waals surface area (Å²) in [5.74, 6) is 0.542. The Morgan fingerprint density at radius 2 is 1.82 bits per heavy atom. The van der Waals surface area contributed by atoms with Crippen molar-refractivity contribution in [3.05, 3.63) is 53.7 Å². The molecule has 1 amide bonds. The van der Waals surface area contributed by atoms with Crippen LogP contribution in [0.2, 0.25) is 0 Å². The molecule has 6 heteroatoms. The first-order chi connectivity index (χ1) is 13.6. The lowest BCUT2D eigenvalue weighted by atomic mass is 9.73. The summed E-state index contributed by atoms with van der Waals surface area (Å²) in [7, 11) is 3.36. The average molecular weight is 381 g/mol. The molecule has 2 fully saturated rings. The quantitative estimate of drug-likeness (QED) is 0.815. The second kappa shape index (κ2) is 7.43. The Kier molecular flexibility index (Phi) is 4.98. The number of ether oxygens (including phenoxy) is 2. The number of rotatable bonds is 4. The van der Waals surface area contributed by atoms with E-state index in [-0.39, 0.29) is 17.6 Å². The fourth-order valence-corrected chi connectivity index (χ4v) is 4.46. The van der Waals surface area contributed by atoms with E-state index in [4.69, 9.17) is 9.47 Å². The Hall–Kier alpha value is -2.60. The highest BCUT2D eigenvalue weighted by Gasteiger charge is 2.55. The smallest absolute Gasteiger partial charge is 0.255 e. The molecule has 148 valence electrons. The summed E-state index contributed by atoms with van der Waals surface area (Å²) in [5.41, 5.74) is 3.07. The molecule has 6 nitrogen and oxygen atoms in total. The highest BCUT2D eigenvalue weighted by Crippen LogP contribution is 2.44. The Morgan fingerprint density at radius 3 is 2.39 bits per heavy atom. The van der Waals surface area contributed by atoms with Crippen molar-refractivity contribution in [2.24, 2.45) is 0 Å². The van der Waals surface area contributed by atoms with E-state index in [1.165, 1.54) is 11.3 Å². The molecule has 1 atom stereocenters. The molecule has 1 aromatic heterocycles. The maximum absolute atomic E-state index is 12.9. The van der Waals surface area contributed by atoms with Crippen molar-refractivity contribution in [1.82, 2.24) is 9.88 Å². The molecule has 2 aliphatic rings. The number of carbonyl (C=O) groups is 1. The number of benzene rings is 1. The number of anilines is 1. The minimum atomic E-state index is -0.0288. The summed E-state index contributed by atoms with van der Waals surface area (Å²) in [6, 6.07) is 12.2. The van der Waals surface area contributed by atoms with Crippen LogP contribution in [0.1, 0.15) is 28.8 Å². The number of likely N-dealkylation sites (tertiary alicyclic amines) is 1. The van der Waals surface area contributed by atoms with E-state index in [2.05, 4.69) is 41.1 Å². The van der Waals surface area contributed by atoms with Gasteiger partial charge in [0.25, 0.3) is 5.91 Å². The van der Waals surface area contributed by atoms with Gasteiger partial charge in [0.15, 0.2) is 0 Å². The van der Waals surface area contributed by atoms with E-state index in [0.717, 1.165) is 19.4 Å². The summed E-state index contributed by atoms with van der Waals surface area (Å²) in [5, 5.41) is 0. The van der Waals surface area contributed by atoms with Gasteiger partial charge in [0, 0.05) is 44.7 Å². The van der Waals surface area contributed by atoms with Crippen LogP contribution >= 0.6 is 0 Å². The molecular weight excluding hydrogens is 354 g/mol. The van der Waals surface area contributed by atoms with E-state index in [0.29, 0.717) is 24.5 Å². The first-order valence-electron chi connectivity index (χ1n) is 9.74.